The fourth-order valence-corrected chi connectivity index (χ4v) is 3.47. The van der Waals surface area contributed by atoms with Gasteiger partial charge in [0.15, 0.2) is 18.1 Å². The summed E-state index contributed by atoms with van der Waals surface area (Å²) in [6.45, 7) is 5.33. The van der Waals surface area contributed by atoms with Gasteiger partial charge in [0, 0.05) is 0 Å². The molecule has 9 nitrogen and oxygen atoms in total. The van der Waals surface area contributed by atoms with Gasteiger partial charge in [-0.05, 0) is 58.6 Å². The number of benzene rings is 2. The summed E-state index contributed by atoms with van der Waals surface area (Å²) >= 11 is 3.37. The Morgan fingerprint density at radius 3 is 2.51 bits per heavy atom. The molecule has 0 heterocycles. The first kappa shape index (κ1) is 27.8. The maximum absolute atomic E-state index is 13.9. The van der Waals surface area contributed by atoms with E-state index < -0.39 is 29.6 Å². The molecule has 0 fully saturated rings. The predicted octanol–water partition coefficient (Wildman–Crippen LogP) is 3.44. The third-order valence-corrected chi connectivity index (χ3v) is 5.23. The van der Waals surface area contributed by atoms with Crippen molar-refractivity contribution in [2.75, 3.05) is 20.3 Å². The molecule has 2 N–H and O–H groups in total. The summed E-state index contributed by atoms with van der Waals surface area (Å²) in [6, 6.07) is 7.85. The maximum Gasteiger partial charge on any atom is 0.343 e. The minimum absolute atomic E-state index is 0.155. The van der Waals surface area contributed by atoms with Gasteiger partial charge in [0.05, 0.1) is 30.0 Å². The van der Waals surface area contributed by atoms with E-state index in [1.807, 2.05) is 0 Å². The van der Waals surface area contributed by atoms with Gasteiger partial charge >= 0.3 is 5.97 Å². The molecule has 1 unspecified atom stereocenters. The summed E-state index contributed by atoms with van der Waals surface area (Å²) in [4.78, 5) is 36.5. The second-order valence-electron chi connectivity index (χ2n) is 7.54. The van der Waals surface area contributed by atoms with Crippen LogP contribution >= 0.6 is 15.9 Å². The zero-order valence-electron chi connectivity index (χ0n) is 19.8. The Morgan fingerprint density at radius 1 is 1.17 bits per heavy atom. The Balaban J connectivity index is 2.12. The molecule has 0 aromatic heterocycles. The number of carbonyl (C=O) groups excluding carboxylic acids is 3. The van der Waals surface area contributed by atoms with Crippen LogP contribution in [0.3, 0.4) is 0 Å². The Bertz CT molecular complexity index is 1090. The number of methoxy groups -OCH3 is 1. The monoisotopic (exact) mass is 551 g/mol. The second kappa shape index (κ2) is 13.4. The van der Waals surface area contributed by atoms with Crippen LogP contribution in [0, 0.1) is 11.7 Å². The summed E-state index contributed by atoms with van der Waals surface area (Å²) in [5.41, 5.74) is 2.79. The smallest absolute Gasteiger partial charge is 0.343 e. The highest BCUT2D eigenvalue weighted by Gasteiger charge is 2.25. The van der Waals surface area contributed by atoms with Crippen molar-refractivity contribution in [3.05, 3.63) is 57.8 Å². The molecule has 0 spiro atoms. The summed E-state index contributed by atoms with van der Waals surface area (Å²) in [5.74, 6) is -2.11. The van der Waals surface area contributed by atoms with Crippen LogP contribution in [0.5, 0.6) is 11.5 Å². The van der Waals surface area contributed by atoms with Crippen LogP contribution in [0.2, 0.25) is 0 Å². The van der Waals surface area contributed by atoms with Gasteiger partial charge in [-0.1, -0.05) is 26.0 Å². The molecule has 0 saturated carbocycles. The number of rotatable bonds is 11. The second-order valence-corrected chi connectivity index (χ2v) is 8.39. The first-order valence-corrected chi connectivity index (χ1v) is 11.5. The largest absolute Gasteiger partial charge is 0.490 e. The van der Waals surface area contributed by atoms with Crippen LogP contribution < -0.4 is 20.2 Å². The molecule has 0 radical (unpaired) electrons. The number of carbonyl (C=O) groups is 3. The molecule has 2 aromatic rings. The Hall–Kier alpha value is -3.47. The summed E-state index contributed by atoms with van der Waals surface area (Å²) < 4.78 is 30.0. The van der Waals surface area contributed by atoms with Gasteiger partial charge < -0.3 is 19.5 Å². The molecule has 11 heteroatoms. The molecule has 0 saturated heterocycles. The fraction of sp³-hybridized carbons (Fsp3) is 0.333. The topological polar surface area (TPSA) is 115 Å². The van der Waals surface area contributed by atoms with Crippen LogP contribution in [0.4, 0.5) is 4.39 Å². The minimum atomic E-state index is -0.945. The molecule has 0 aliphatic heterocycles. The van der Waals surface area contributed by atoms with E-state index in [-0.39, 0.29) is 18.1 Å². The van der Waals surface area contributed by atoms with Crippen molar-refractivity contribution in [3.8, 4) is 11.5 Å². The molecule has 35 heavy (non-hydrogen) atoms. The predicted molar refractivity (Wildman–Crippen MR) is 131 cm³/mol. The van der Waals surface area contributed by atoms with Crippen molar-refractivity contribution in [1.82, 2.24) is 10.7 Å². The van der Waals surface area contributed by atoms with Gasteiger partial charge in [-0.2, -0.15) is 5.10 Å². The standard InChI is InChI=1S/C24H27BrFN3O6/c1-5-34-19-11-15(10-17(25)22(19)35-13-20(30)33-4)12-27-29-24(32)21(14(2)3)28-23(31)16-8-6-7-9-18(16)26/h6-12,14,21H,5,13H2,1-4H3,(H,28,31)(H,29,32). The van der Waals surface area contributed by atoms with Crippen molar-refractivity contribution in [2.45, 2.75) is 26.8 Å². The summed E-state index contributed by atoms with van der Waals surface area (Å²) in [5, 5.41) is 6.51. The van der Waals surface area contributed by atoms with E-state index in [9.17, 15) is 18.8 Å². The molecule has 2 amide bonds. The average molecular weight is 552 g/mol. The highest BCUT2D eigenvalue weighted by atomic mass is 79.9. The lowest BCUT2D eigenvalue weighted by molar-refractivity contribution is -0.143. The molecular weight excluding hydrogens is 525 g/mol. The highest BCUT2D eigenvalue weighted by molar-refractivity contribution is 9.10. The quantitative estimate of drug-likeness (QED) is 0.251. The van der Waals surface area contributed by atoms with Gasteiger partial charge in [-0.3, -0.25) is 9.59 Å². The van der Waals surface area contributed by atoms with Crippen LogP contribution in [0.1, 0.15) is 36.7 Å². The fourth-order valence-electron chi connectivity index (χ4n) is 2.89. The third-order valence-electron chi connectivity index (χ3n) is 4.64. The Kier molecular flexibility index (Phi) is 10.7. The molecule has 188 valence electrons. The normalized spacial score (nSPS) is 11.7. The zero-order valence-corrected chi connectivity index (χ0v) is 21.3. The molecule has 0 aliphatic carbocycles. The SMILES string of the molecule is CCOc1cc(C=NNC(=O)C(NC(=O)c2ccccc2F)C(C)C)cc(Br)c1OCC(=O)OC. The van der Waals surface area contributed by atoms with Crippen molar-refractivity contribution in [2.24, 2.45) is 11.0 Å². The first-order chi connectivity index (χ1) is 16.7. The molecule has 0 aliphatic rings. The lowest BCUT2D eigenvalue weighted by Gasteiger charge is -2.20. The van der Waals surface area contributed by atoms with E-state index in [2.05, 4.69) is 36.5 Å². The van der Waals surface area contributed by atoms with Crippen LogP contribution in [0.25, 0.3) is 0 Å². The number of nitrogens with one attached hydrogen (secondary N) is 2. The van der Waals surface area contributed by atoms with Gasteiger partial charge in [0.1, 0.15) is 11.9 Å². The lowest BCUT2D eigenvalue weighted by atomic mass is 10.0. The number of esters is 1. The Labute approximate surface area is 211 Å². The number of nitrogens with zero attached hydrogens (tertiary/aromatic N) is 1. The lowest BCUT2D eigenvalue weighted by Crippen LogP contribution is -2.48. The van der Waals surface area contributed by atoms with Crippen LogP contribution in [-0.4, -0.2) is 50.4 Å². The number of hydrogen-bond acceptors (Lipinski definition) is 7. The van der Waals surface area contributed by atoms with Gasteiger partial charge in [0.25, 0.3) is 11.8 Å². The van der Waals surface area contributed by atoms with Crippen molar-refractivity contribution in [3.63, 3.8) is 0 Å². The van der Waals surface area contributed by atoms with E-state index in [1.165, 1.54) is 37.6 Å². The zero-order chi connectivity index (χ0) is 26.0. The highest BCUT2D eigenvalue weighted by Crippen LogP contribution is 2.36. The van der Waals surface area contributed by atoms with Gasteiger partial charge in [0.2, 0.25) is 0 Å². The molecule has 0 bridgehead atoms. The summed E-state index contributed by atoms with van der Waals surface area (Å²) in [6.07, 6.45) is 1.38. The van der Waals surface area contributed by atoms with E-state index in [0.717, 1.165) is 0 Å². The van der Waals surface area contributed by atoms with Crippen molar-refractivity contribution < 1.29 is 33.0 Å². The number of ether oxygens (including phenoxy) is 3. The van der Waals surface area contributed by atoms with E-state index in [4.69, 9.17) is 9.47 Å². The van der Waals surface area contributed by atoms with E-state index in [0.29, 0.717) is 28.1 Å². The number of halogens is 2. The molecule has 2 aromatic carbocycles. The minimum Gasteiger partial charge on any atom is -0.490 e. The van der Waals surface area contributed by atoms with Crippen LogP contribution in [-0.2, 0) is 14.3 Å². The van der Waals surface area contributed by atoms with Crippen molar-refractivity contribution in [1.29, 1.82) is 0 Å². The van der Waals surface area contributed by atoms with E-state index >= 15 is 0 Å². The summed E-state index contributed by atoms with van der Waals surface area (Å²) in [7, 11) is 1.26. The average Bonchev–Trinajstić information content (AvgIpc) is 2.81. The third kappa shape index (κ3) is 8.06. The maximum atomic E-state index is 13.9. The molecule has 1 atom stereocenters. The number of hydrazone groups is 1. The first-order valence-electron chi connectivity index (χ1n) is 10.7. The van der Waals surface area contributed by atoms with Crippen molar-refractivity contribution >= 4 is 39.9 Å². The molecule has 2 rings (SSSR count). The number of hydrogen-bond donors (Lipinski definition) is 2. The van der Waals surface area contributed by atoms with Gasteiger partial charge in [-0.15, -0.1) is 0 Å². The molecular formula is C24H27BrFN3O6. The Morgan fingerprint density at radius 2 is 1.89 bits per heavy atom. The van der Waals surface area contributed by atoms with Gasteiger partial charge in [-0.25, -0.2) is 14.6 Å². The number of amides is 2. The van der Waals surface area contributed by atoms with E-state index in [1.54, 1.807) is 32.9 Å². The van der Waals surface area contributed by atoms with Crippen LogP contribution in [0.15, 0.2) is 46.0 Å².